The molecular weight excluding hydrogens is 342 g/mol. The van der Waals surface area contributed by atoms with Gasteiger partial charge in [0.25, 0.3) is 5.78 Å². The first-order chi connectivity index (χ1) is 13.0. The topological polar surface area (TPSA) is 81.4 Å². The number of hydrogen-bond acceptors (Lipinski definition) is 5. The first-order valence-electron chi connectivity index (χ1n) is 9.17. The first kappa shape index (κ1) is 18.8. The Bertz CT molecular complexity index is 947. The van der Waals surface area contributed by atoms with Crippen molar-refractivity contribution in [3.05, 3.63) is 41.2 Å². The van der Waals surface area contributed by atoms with Crippen LogP contribution in [0.1, 0.15) is 36.7 Å². The predicted molar refractivity (Wildman–Crippen MR) is 104 cm³/mol. The number of amides is 1. The first-order valence-corrected chi connectivity index (χ1v) is 9.17. The van der Waals surface area contributed by atoms with Crippen LogP contribution >= 0.6 is 0 Å². The standard InChI is InChI=1S/C20H25N5O2/c1-5-6-11-21-18(26)12-17-13(2)22-20-23-19(24-25(20)14(17)3)15-7-9-16(27-4)10-8-15/h7-10H,5-6,11-12H2,1-4H3,(H,21,26). The molecule has 0 spiro atoms. The highest BCUT2D eigenvalue weighted by atomic mass is 16.5. The Morgan fingerprint density at radius 1 is 1.19 bits per heavy atom. The zero-order valence-corrected chi connectivity index (χ0v) is 16.2. The molecule has 0 radical (unpaired) electrons. The van der Waals surface area contributed by atoms with Crippen LogP contribution in [0, 0.1) is 13.8 Å². The molecular formula is C20H25N5O2. The van der Waals surface area contributed by atoms with Gasteiger partial charge in [-0.15, -0.1) is 5.10 Å². The molecule has 3 aromatic rings. The van der Waals surface area contributed by atoms with Crippen molar-refractivity contribution in [3.8, 4) is 17.1 Å². The molecule has 0 aliphatic rings. The van der Waals surface area contributed by atoms with Crippen LogP contribution in [0.15, 0.2) is 24.3 Å². The van der Waals surface area contributed by atoms with Gasteiger partial charge < -0.3 is 10.1 Å². The van der Waals surface area contributed by atoms with Crippen LogP contribution < -0.4 is 10.1 Å². The predicted octanol–water partition coefficient (Wildman–Crippen LogP) is 2.88. The SMILES string of the molecule is CCCCNC(=O)Cc1c(C)nc2nc(-c3ccc(OC)cc3)nn2c1C. The summed E-state index contributed by atoms with van der Waals surface area (Å²) < 4.78 is 6.90. The largest absolute Gasteiger partial charge is 0.497 e. The molecule has 0 saturated heterocycles. The average Bonchev–Trinajstić information content (AvgIpc) is 3.09. The minimum Gasteiger partial charge on any atom is -0.497 e. The molecule has 0 atom stereocenters. The number of benzene rings is 1. The lowest BCUT2D eigenvalue weighted by Crippen LogP contribution is -2.27. The Hall–Kier alpha value is -2.96. The molecule has 0 bridgehead atoms. The van der Waals surface area contributed by atoms with E-state index in [0.717, 1.165) is 41.1 Å². The Morgan fingerprint density at radius 2 is 1.93 bits per heavy atom. The number of aromatic nitrogens is 4. The molecule has 1 aromatic carbocycles. The second kappa shape index (κ2) is 8.16. The molecule has 0 unspecified atom stereocenters. The average molecular weight is 367 g/mol. The molecule has 3 rings (SSSR count). The monoisotopic (exact) mass is 367 g/mol. The van der Waals surface area contributed by atoms with E-state index < -0.39 is 0 Å². The van der Waals surface area contributed by atoms with Crippen LogP contribution in [0.25, 0.3) is 17.2 Å². The van der Waals surface area contributed by atoms with E-state index in [2.05, 4.69) is 27.3 Å². The van der Waals surface area contributed by atoms with Gasteiger partial charge >= 0.3 is 0 Å². The maximum absolute atomic E-state index is 12.2. The Morgan fingerprint density at radius 3 is 2.59 bits per heavy atom. The summed E-state index contributed by atoms with van der Waals surface area (Å²) in [5, 5.41) is 7.55. The van der Waals surface area contributed by atoms with Gasteiger partial charge in [0, 0.05) is 29.1 Å². The number of nitrogens with one attached hydrogen (secondary N) is 1. The summed E-state index contributed by atoms with van der Waals surface area (Å²) in [6, 6.07) is 7.58. The normalized spacial score (nSPS) is 11.0. The number of methoxy groups -OCH3 is 1. The highest BCUT2D eigenvalue weighted by Crippen LogP contribution is 2.21. The lowest BCUT2D eigenvalue weighted by molar-refractivity contribution is -0.120. The highest BCUT2D eigenvalue weighted by molar-refractivity contribution is 5.79. The smallest absolute Gasteiger partial charge is 0.253 e. The van der Waals surface area contributed by atoms with Gasteiger partial charge in [0.2, 0.25) is 5.91 Å². The number of rotatable bonds is 7. The van der Waals surface area contributed by atoms with Crippen molar-refractivity contribution in [1.82, 2.24) is 24.9 Å². The number of carbonyl (C=O) groups is 1. The maximum atomic E-state index is 12.2. The van der Waals surface area contributed by atoms with E-state index in [1.54, 1.807) is 11.6 Å². The fourth-order valence-electron chi connectivity index (χ4n) is 2.95. The van der Waals surface area contributed by atoms with E-state index in [9.17, 15) is 4.79 Å². The number of fused-ring (bicyclic) bond motifs is 1. The van der Waals surface area contributed by atoms with Crippen LogP contribution in [0.3, 0.4) is 0 Å². The number of nitrogens with zero attached hydrogens (tertiary/aromatic N) is 4. The summed E-state index contributed by atoms with van der Waals surface area (Å²) in [4.78, 5) is 21.3. The zero-order chi connectivity index (χ0) is 19.4. The van der Waals surface area contributed by atoms with Crippen molar-refractivity contribution in [2.24, 2.45) is 0 Å². The van der Waals surface area contributed by atoms with Crippen LogP contribution in [0.2, 0.25) is 0 Å². The lowest BCUT2D eigenvalue weighted by Gasteiger charge is -2.10. The second-order valence-electron chi connectivity index (χ2n) is 6.52. The molecule has 142 valence electrons. The van der Waals surface area contributed by atoms with Gasteiger partial charge in [-0.1, -0.05) is 13.3 Å². The van der Waals surface area contributed by atoms with Gasteiger partial charge in [-0.3, -0.25) is 4.79 Å². The van der Waals surface area contributed by atoms with Crippen LogP contribution in [0.5, 0.6) is 5.75 Å². The maximum Gasteiger partial charge on any atom is 0.253 e. The van der Waals surface area contributed by atoms with E-state index in [1.807, 2.05) is 38.1 Å². The van der Waals surface area contributed by atoms with E-state index >= 15 is 0 Å². The summed E-state index contributed by atoms with van der Waals surface area (Å²) >= 11 is 0. The third-order valence-electron chi connectivity index (χ3n) is 4.59. The molecule has 2 aromatic heterocycles. The molecule has 0 aliphatic carbocycles. The molecule has 1 amide bonds. The van der Waals surface area contributed by atoms with Gasteiger partial charge in [-0.05, 0) is 44.5 Å². The van der Waals surface area contributed by atoms with Crippen molar-refractivity contribution >= 4 is 11.7 Å². The van der Waals surface area contributed by atoms with Gasteiger partial charge in [0.1, 0.15) is 5.75 Å². The molecule has 7 heteroatoms. The highest BCUT2D eigenvalue weighted by Gasteiger charge is 2.16. The zero-order valence-electron chi connectivity index (χ0n) is 16.2. The number of ether oxygens (including phenoxy) is 1. The van der Waals surface area contributed by atoms with E-state index in [4.69, 9.17) is 4.74 Å². The van der Waals surface area contributed by atoms with Gasteiger partial charge in [0.05, 0.1) is 13.5 Å². The van der Waals surface area contributed by atoms with Crippen LogP contribution in [0.4, 0.5) is 0 Å². The summed E-state index contributed by atoms with van der Waals surface area (Å²) in [6.07, 6.45) is 2.33. The molecule has 0 saturated carbocycles. The number of hydrogen-bond donors (Lipinski definition) is 1. The molecule has 1 N–H and O–H groups in total. The number of unbranched alkanes of at least 4 members (excludes halogenated alkanes) is 1. The van der Waals surface area contributed by atoms with Crippen molar-refractivity contribution in [1.29, 1.82) is 0 Å². The third kappa shape index (κ3) is 4.07. The third-order valence-corrected chi connectivity index (χ3v) is 4.59. The summed E-state index contributed by atoms with van der Waals surface area (Å²) in [7, 11) is 1.63. The summed E-state index contributed by atoms with van der Waals surface area (Å²) in [5.41, 5.74) is 3.47. The van der Waals surface area contributed by atoms with E-state index in [0.29, 0.717) is 24.6 Å². The van der Waals surface area contributed by atoms with E-state index in [1.165, 1.54) is 0 Å². The van der Waals surface area contributed by atoms with Gasteiger partial charge in [0.15, 0.2) is 5.82 Å². The number of aryl methyl sites for hydroxylation is 2. The number of carbonyl (C=O) groups excluding carboxylic acids is 1. The van der Waals surface area contributed by atoms with Crippen molar-refractivity contribution in [2.45, 2.75) is 40.0 Å². The second-order valence-corrected chi connectivity index (χ2v) is 6.52. The molecule has 2 heterocycles. The van der Waals surface area contributed by atoms with Crippen LogP contribution in [-0.2, 0) is 11.2 Å². The summed E-state index contributed by atoms with van der Waals surface area (Å²) in [5.74, 6) is 1.92. The minimum absolute atomic E-state index is 0.00583. The van der Waals surface area contributed by atoms with Crippen molar-refractivity contribution in [3.63, 3.8) is 0 Å². The molecule has 7 nitrogen and oxygen atoms in total. The fourth-order valence-corrected chi connectivity index (χ4v) is 2.95. The van der Waals surface area contributed by atoms with Crippen molar-refractivity contribution < 1.29 is 9.53 Å². The van der Waals surface area contributed by atoms with Crippen LogP contribution in [-0.4, -0.2) is 39.1 Å². The Balaban J connectivity index is 1.90. The van der Waals surface area contributed by atoms with Gasteiger partial charge in [-0.25, -0.2) is 9.50 Å². The Labute approximate surface area is 158 Å². The lowest BCUT2D eigenvalue weighted by atomic mass is 10.1. The van der Waals surface area contributed by atoms with Gasteiger partial charge in [-0.2, -0.15) is 4.98 Å². The summed E-state index contributed by atoms with van der Waals surface area (Å²) in [6.45, 7) is 6.66. The quantitative estimate of drug-likeness (QED) is 0.650. The molecule has 0 aliphatic heterocycles. The van der Waals surface area contributed by atoms with Crippen molar-refractivity contribution in [2.75, 3.05) is 13.7 Å². The minimum atomic E-state index is 0.00583. The molecule has 27 heavy (non-hydrogen) atoms. The Kier molecular flexibility index (Phi) is 5.69. The fraction of sp³-hybridized carbons (Fsp3) is 0.400. The molecule has 0 fully saturated rings. The van der Waals surface area contributed by atoms with E-state index in [-0.39, 0.29) is 5.91 Å².